The van der Waals surface area contributed by atoms with E-state index < -0.39 is 11.9 Å². The van der Waals surface area contributed by atoms with Gasteiger partial charge >= 0.3 is 5.97 Å². The average Bonchev–Trinajstić information content (AvgIpc) is 2.27. The summed E-state index contributed by atoms with van der Waals surface area (Å²) in [5.41, 5.74) is 5.25. The van der Waals surface area contributed by atoms with Crippen LogP contribution in [0.3, 0.4) is 0 Å². The molecule has 0 bridgehead atoms. The maximum Gasteiger partial charge on any atom is 0.307 e. The molecule has 92 valence electrons. The lowest BCUT2D eigenvalue weighted by atomic mass is 10.2. The van der Waals surface area contributed by atoms with Gasteiger partial charge in [0, 0.05) is 13.1 Å². The van der Waals surface area contributed by atoms with Crippen LogP contribution in [0, 0.1) is 0 Å². The lowest BCUT2D eigenvalue weighted by Gasteiger charge is -2.33. The quantitative estimate of drug-likeness (QED) is 0.621. The van der Waals surface area contributed by atoms with Crippen LogP contribution in [0.4, 0.5) is 0 Å². The molecule has 6 nitrogen and oxygen atoms in total. The number of hydrogen-bond donors (Lipinski definition) is 1. The number of amides is 1. The number of carbonyl (C=O) groups excluding carboxylic acids is 2. The topological polar surface area (TPSA) is 81.9 Å². The minimum absolute atomic E-state index is 0.253. The monoisotopic (exact) mass is 230 g/mol. The van der Waals surface area contributed by atoms with Gasteiger partial charge in [-0.2, -0.15) is 0 Å². The summed E-state index contributed by atoms with van der Waals surface area (Å²) in [4.78, 5) is 24.1. The molecule has 0 aromatic carbocycles. The Balaban J connectivity index is 2.38. The molecule has 1 aliphatic heterocycles. The van der Waals surface area contributed by atoms with Gasteiger partial charge in [0.15, 0.2) is 0 Å². The molecule has 6 heteroatoms. The van der Waals surface area contributed by atoms with E-state index in [2.05, 4.69) is 0 Å². The molecule has 0 spiro atoms. The number of nitrogens with two attached hydrogens (primary N) is 1. The van der Waals surface area contributed by atoms with Crippen molar-refractivity contribution >= 4 is 11.9 Å². The fourth-order valence-electron chi connectivity index (χ4n) is 1.64. The highest BCUT2D eigenvalue weighted by Gasteiger charge is 2.27. The van der Waals surface area contributed by atoms with Crippen molar-refractivity contribution in [3.05, 3.63) is 0 Å². The molecule has 1 heterocycles. The largest absolute Gasteiger partial charge is 0.466 e. The van der Waals surface area contributed by atoms with Gasteiger partial charge in [-0.25, -0.2) is 0 Å². The summed E-state index contributed by atoms with van der Waals surface area (Å²) >= 11 is 0. The first kappa shape index (κ1) is 12.9. The van der Waals surface area contributed by atoms with Gasteiger partial charge in [0.05, 0.1) is 26.2 Å². The number of carbonyl (C=O) groups is 2. The average molecular weight is 230 g/mol. The number of primary amides is 1. The van der Waals surface area contributed by atoms with Crippen molar-refractivity contribution in [1.82, 2.24) is 4.90 Å². The molecule has 16 heavy (non-hydrogen) atoms. The van der Waals surface area contributed by atoms with Crippen molar-refractivity contribution in [2.75, 3.05) is 32.9 Å². The molecule has 0 saturated carbocycles. The summed E-state index contributed by atoms with van der Waals surface area (Å²) < 4.78 is 9.98. The minimum atomic E-state index is -0.428. The smallest absolute Gasteiger partial charge is 0.307 e. The Morgan fingerprint density at radius 1 is 1.56 bits per heavy atom. The first-order valence-electron chi connectivity index (χ1n) is 5.42. The molecule has 0 aromatic rings. The first-order valence-corrected chi connectivity index (χ1v) is 5.42. The summed E-state index contributed by atoms with van der Waals surface area (Å²) in [5, 5.41) is 0. The Labute approximate surface area is 94.7 Å². The van der Waals surface area contributed by atoms with Crippen molar-refractivity contribution in [1.29, 1.82) is 0 Å². The Hall–Kier alpha value is -1.14. The summed E-state index contributed by atoms with van der Waals surface area (Å²) in [6.07, 6.45) is 0.275. The fourth-order valence-corrected chi connectivity index (χ4v) is 1.64. The van der Waals surface area contributed by atoms with Crippen LogP contribution in [0.15, 0.2) is 0 Å². The molecule has 1 amide bonds. The lowest BCUT2D eigenvalue weighted by molar-refractivity contribution is -0.145. The molecule has 0 radical (unpaired) electrons. The highest BCUT2D eigenvalue weighted by Crippen LogP contribution is 2.07. The van der Waals surface area contributed by atoms with Gasteiger partial charge in [0.1, 0.15) is 6.04 Å². The molecule has 1 unspecified atom stereocenters. The van der Waals surface area contributed by atoms with E-state index in [1.807, 2.05) is 4.90 Å². The van der Waals surface area contributed by atoms with Gasteiger partial charge in [-0.05, 0) is 6.92 Å². The maximum atomic E-state index is 11.2. The number of rotatable bonds is 5. The third-order valence-electron chi connectivity index (χ3n) is 2.48. The van der Waals surface area contributed by atoms with E-state index in [1.54, 1.807) is 6.92 Å². The van der Waals surface area contributed by atoms with Crippen LogP contribution in [0.1, 0.15) is 13.3 Å². The summed E-state index contributed by atoms with van der Waals surface area (Å²) in [6, 6.07) is -0.428. The second-order valence-corrected chi connectivity index (χ2v) is 3.58. The number of ether oxygens (including phenoxy) is 2. The Kier molecular flexibility index (Phi) is 5.21. The van der Waals surface area contributed by atoms with E-state index in [-0.39, 0.29) is 12.4 Å². The Morgan fingerprint density at radius 3 is 2.94 bits per heavy atom. The minimum Gasteiger partial charge on any atom is -0.466 e. The van der Waals surface area contributed by atoms with Crippen molar-refractivity contribution in [2.24, 2.45) is 5.73 Å². The van der Waals surface area contributed by atoms with E-state index in [0.29, 0.717) is 32.9 Å². The molecule has 0 aliphatic carbocycles. The van der Waals surface area contributed by atoms with Crippen molar-refractivity contribution in [3.8, 4) is 0 Å². The lowest BCUT2D eigenvalue weighted by Crippen LogP contribution is -2.52. The molecule has 1 fully saturated rings. The molecular formula is C10H18N2O4. The SMILES string of the molecule is CCOC(=O)CCN1CCOCC1C(N)=O. The number of hydrogen-bond acceptors (Lipinski definition) is 5. The molecule has 2 N–H and O–H groups in total. The van der Waals surface area contributed by atoms with Crippen LogP contribution >= 0.6 is 0 Å². The number of morpholine rings is 1. The highest BCUT2D eigenvalue weighted by molar-refractivity contribution is 5.80. The van der Waals surface area contributed by atoms with Crippen molar-refractivity contribution in [3.63, 3.8) is 0 Å². The standard InChI is InChI=1S/C10H18N2O4/c1-2-16-9(13)3-4-12-5-6-15-7-8(12)10(11)14/h8H,2-7H2,1H3,(H2,11,14). The molecule has 1 saturated heterocycles. The zero-order valence-corrected chi connectivity index (χ0v) is 9.48. The zero-order chi connectivity index (χ0) is 12.0. The van der Waals surface area contributed by atoms with Gasteiger partial charge in [-0.1, -0.05) is 0 Å². The van der Waals surface area contributed by atoms with E-state index >= 15 is 0 Å². The van der Waals surface area contributed by atoms with Crippen molar-refractivity contribution < 1.29 is 19.1 Å². The fraction of sp³-hybridized carbons (Fsp3) is 0.800. The van der Waals surface area contributed by atoms with Crippen LogP contribution in [0.5, 0.6) is 0 Å². The second-order valence-electron chi connectivity index (χ2n) is 3.58. The Bertz CT molecular complexity index is 257. The summed E-state index contributed by atoms with van der Waals surface area (Å²) in [5.74, 6) is -0.666. The van der Waals surface area contributed by atoms with Gasteiger partial charge < -0.3 is 15.2 Å². The van der Waals surface area contributed by atoms with Crippen LogP contribution < -0.4 is 5.73 Å². The van der Waals surface area contributed by atoms with Gasteiger partial charge in [-0.15, -0.1) is 0 Å². The predicted octanol–water partition coefficient (Wildman–Crippen LogP) is -0.874. The maximum absolute atomic E-state index is 11.2. The third-order valence-corrected chi connectivity index (χ3v) is 2.48. The van der Waals surface area contributed by atoms with E-state index in [9.17, 15) is 9.59 Å². The van der Waals surface area contributed by atoms with Crippen LogP contribution in [-0.2, 0) is 19.1 Å². The molecular weight excluding hydrogens is 212 g/mol. The first-order chi connectivity index (χ1) is 7.65. The number of nitrogens with zero attached hydrogens (tertiary/aromatic N) is 1. The third kappa shape index (κ3) is 3.79. The van der Waals surface area contributed by atoms with Crippen LogP contribution in [-0.4, -0.2) is 55.7 Å². The second kappa shape index (κ2) is 6.44. The normalized spacial score (nSPS) is 21.7. The zero-order valence-electron chi connectivity index (χ0n) is 9.48. The predicted molar refractivity (Wildman–Crippen MR) is 56.6 cm³/mol. The van der Waals surface area contributed by atoms with Gasteiger partial charge in [0.2, 0.25) is 5.91 Å². The number of esters is 1. The van der Waals surface area contributed by atoms with Gasteiger partial charge in [-0.3, -0.25) is 14.5 Å². The van der Waals surface area contributed by atoms with Crippen molar-refractivity contribution in [2.45, 2.75) is 19.4 Å². The van der Waals surface area contributed by atoms with Crippen LogP contribution in [0.25, 0.3) is 0 Å². The summed E-state index contributed by atoms with van der Waals surface area (Å²) in [6.45, 7) is 4.10. The van der Waals surface area contributed by atoms with E-state index in [4.69, 9.17) is 15.2 Å². The summed E-state index contributed by atoms with van der Waals surface area (Å²) in [7, 11) is 0. The van der Waals surface area contributed by atoms with Gasteiger partial charge in [0.25, 0.3) is 0 Å². The Morgan fingerprint density at radius 2 is 2.31 bits per heavy atom. The van der Waals surface area contributed by atoms with Crippen LogP contribution in [0.2, 0.25) is 0 Å². The molecule has 1 rings (SSSR count). The molecule has 1 aliphatic rings. The highest BCUT2D eigenvalue weighted by atomic mass is 16.5. The van der Waals surface area contributed by atoms with E-state index in [0.717, 1.165) is 0 Å². The van der Waals surface area contributed by atoms with E-state index in [1.165, 1.54) is 0 Å². The molecule has 0 aromatic heterocycles. The molecule has 1 atom stereocenters.